The normalized spacial score (nSPS) is 26.3. The van der Waals surface area contributed by atoms with Gasteiger partial charge in [-0.05, 0) is 86.3 Å². The molecule has 14 heteroatoms. The summed E-state index contributed by atoms with van der Waals surface area (Å²) in [5.41, 5.74) is 8.24. The van der Waals surface area contributed by atoms with Crippen molar-refractivity contribution in [2.75, 3.05) is 13.2 Å². The number of hydrogen-bond donors (Lipinski definition) is 4. The highest BCUT2D eigenvalue weighted by Gasteiger charge is 2.68. The highest BCUT2D eigenvalue weighted by atomic mass is 16.7. The van der Waals surface area contributed by atoms with E-state index in [1.807, 2.05) is 12.1 Å². The smallest absolute Gasteiger partial charge is 0.481 e. The van der Waals surface area contributed by atoms with Crippen molar-refractivity contribution in [2.45, 2.75) is 104 Å². The molecule has 5 N–H and O–H groups in total. The van der Waals surface area contributed by atoms with Crippen LogP contribution in [-0.4, -0.2) is 66.8 Å². The zero-order chi connectivity index (χ0) is 32.9. The molecule has 1 aromatic carbocycles. The highest BCUT2D eigenvalue weighted by molar-refractivity contribution is 6.48. The number of rotatable bonds is 15. The Labute approximate surface area is 266 Å². The molecule has 45 heavy (non-hydrogen) atoms. The molecule has 248 valence electrons. The maximum absolute atomic E-state index is 13.8. The van der Waals surface area contributed by atoms with Gasteiger partial charge in [0.25, 0.3) is 11.9 Å². The summed E-state index contributed by atoms with van der Waals surface area (Å²) in [6.45, 7) is 12.8. The number of ether oxygens (including phenoxy) is 1. The predicted octanol–water partition coefficient (Wildman–Crippen LogP) is 2.79. The number of aryl methyl sites for hydroxylation is 1. The van der Waals surface area contributed by atoms with Crippen LogP contribution >= 0.6 is 0 Å². The number of hydrogen-bond acceptors (Lipinski definition) is 8. The van der Waals surface area contributed by atoms with Gasteiger partial charge in [-0.2, -0.15) is 0 Å². The molecule has 1 aromatic rings. The minimum Gasteiger partial charge on any atom is -0.484 e. The third-order valence-electron chi connectivity index (χ3n) is 9.84. The number of carbonyl (C=O) groups is 2. The Morgan fingerprint density at radius 3 is 2.53 bits per heavy atom. The van der Waals surface area contributed by atoms with E-state index in [0.717, 1.165) is 24.8 Å². The molecule has 6 atom stereocenters. The van der Waals surface area contributed by atoms with Gasteiger partial charge in [0.05, 0.1) is 17.6 Å². The van der Waals surface area contributed by atoms with Gasteiger partial charge < -0.3 is 30.4 Å². The molecular formula is C31H49BN6O7. The zero-order valence-electron chi connectivity index (χ0n) is 27.3. The molecule has 2 bridgehead atoms. The third kappa shape index (κ3) is 8.26. The van der Waals surface area contributed by atoms with Crippen LogP contribution in [0.2, 0.25) is 0 Å². The minimum atomic E-state index is -0.913. The van der Waals surface area contributed by atoms with E-state index in [4.69, 9.17) is 19.8 Å². The lowest BCUT2D eigenvalue weighted by Gasteiger charge is -2.64. The first-order chi connectivity index (χ1) is 21.2. The van der Waals surface area contributed by atoms with E-state index < -0.39 is 35.6 Å². The van der Waals surface area contributed by atoms with Crippen molar-refractivity contribution in [3.63, 3.8) is 0 Å². The van der Waals surface area contributed by atoms with E-state index in [1.54, 1.807) is 17.6 Å². The van der Waals surface area contributed by atoms with Gasteiger partial charge in [0.2, 0.25) is 5.91 Å². The number of nitro groups is 1. The molecule has 5 rings (SSSR count). The number of nitrogens with one attached hydrogen (secondary N) is 3. The van der Waals surface area contributed by atoms with E-state index in [9.17, 15) is 19.7 Å². The number of benzene rings is 1. The number of nitrogens with two attached hydrogens (primary N) is 1. The Morgan fingerprint density at radius 1 is 1.20 bits per heavy atom. The number of nitrogens with zero attached hydrogens (tertiary/aromatic N) is 2. The van der Waals surface area contributed by atoms with E-state index in [0.29, 0.717) is 30.4 Å². The van der Waals surface area contributed by atoms with Crippen molar-refractivity contribution in [1.29, 1.82) is 0 Å². The first-order valence-electron chi connectivity index (χ1n) is 16.1. The lowest BCUT2D eigenvalue weighted by Crippen LogP contribution is -2.65. The largest absolute Gasteiger partial charge is 0.484 e. The summed E-state index contributed by atoms with van der Waals surface area (Å²) in [5, 5.41) is 15.7. The van der Waals surface area contributed by atoms with Crippen LogP contribution in [0.3, 0.4) is 0 Å². The second-order valence-electron chi connectivity index (χ2n) is 13.8. The van der Waals surface area contributed by atoms with E-state index in [1.165, 1.54) is 0 Å². The molecule has 0 spiro atoms. The number of guanidine groups is 1. The molecule has 0 aromatic heterocycles. The van der Waals surface area contributed by atoms with Crippen molar-refractivity contribution in [3.05, 3.63) is 39.9 Å². The summed E-state index contributed by atoms with van der Waals surface area (Å²) >= 11 is 0. The fraction of sp³-hybridized carbons (Fsp3) is 0.710. The van der Waals surface area contributed by atoms with E-state index in [2.05, 4.69) is 57.2 Å². The fourth-order valence-electron chi connectivity index (χ4n) is 7.20. The van der Waals surface area contributed by atoms with Gasteiger partial charge in [-0.1, -0.05) is 52.2 Å². The molecule has 0 unspecified atom stereocenters. The van der Waals surface area contributed by atoms with Crippen molar-refractivity contribution >= 4 is 24.9 Å². The first-order valence-corrected chi connectivity index (χ1v) is 16.1. The topological polar surface area (TPSA) is 179 Å². The quantitative estimate of drug-likeness (QED) is 0.0568. The SMILES string of the molecule is CCc1ccc(OCC(=O)N[C@@H](CCCN=C(N)N[N+](=O)[O-])C(=O)N[C@@H](CC(C)C)B2O[C@@H]3C[C@H]4C[C@H](C4(C)C)[C@]3(C)O2)cc1. The molecule has 13 nitrogen and oxygen atoms in total. The van der Waals surface area contributed by atoms with Crippen LogP contribution in [0.4, 0.5) is 0 Å². The Morgan fingerprint density at radius 2 is 1.91 bits per heavy atom. The predicted molar refractivity (Wildman–Crippen MR) is 171 cm³/mol. The molecule has 3 saturated carbocycles. The molecular weight excluding hydrogens is 579 g/mol. The van der Waals surface area contributed by atoms with Crippen molar-refractivity contribution in [1.82, 2.24) is 16.1 Å². The van der Waals surface area contributed by atoms with Gasteiger partial charge in [-0.15, -0.1) is 0 Å². The molecule has 1 heterocycles. The van der Waals surface area contributed by atoms with Gasteiger partial charge >= 0.3 is 7.12 Å². The monoisotopic (exact) mass is 628 g/mol. The maximum atomic E-state index is 13.8. The summed E-state index contributed by atoms with van der Waals surface area (Å²) in [4.78, 5) is 41.3. The lowest BCUT2D eigenvalue weighted by molar-refractivity contribution is -0.525. The number of amides is 2. The van der Waals surface area contributed by atoms with Crippen molar-refractivity contribution in [3.8, 4) is 5.75 Å². The van der Waals surface area contributed by atoms with Crippen molar-refractivity contribution in [2.24, 2.45) is 33.9 Å². The molecule has 4 fully saturated rings. The van der Waals surface area contributed by atoms with Gasteiger partial charge in [0.15, 0.2) is 11.6 Å². The van der Waals surface area contributed by atoms with Crippen LogP contribution in [0.15, 0.2) is 29.3 Å². The Kier molecular flexibility index (Phi) is 11.0. The highest BCUT2D eigenvalue weighted by Crippen LogP contribution is 2.65. The molecule has 4 aliphatic rings. The number of aliphatic imine (C=N–C) groups is 1. The number of carbonyl (C=O) groups excluding carboxylic acids is 2. The van der Waals surface area contributed by atoms with Gasteiger partial charge in [-0.25, -0.2) is 15.1 Å². The molecule has 1 saturated heterocycles. The summed E-state index contributed by atoms with van der Waals surface area (Å²) in [7, 11) is -0.607. The zero-order valence-corrected chi connectivity index (χ0v) is 27.3. The summed E-state index contributed by atoms with van der Waals surface area (Å²) < 4.78 is 18.9. The second-order valence-corrected chi connectivity index (χ2v) is 13.8. The second kappa shape index (κ2) is 14.4. The lowest BCUT2D eigenvalue weighted by atomic mass is 9.43. The van der Waals surface area contributed by atoms with Crippen LogP contribution in [0, 0.1) is 33.3 Å². The van der Waals surface area contributed by atoms with Crippen LogP contribution in [0.5, 0.6) is 5.75 Å². The van der Waals surface area contributed by atoms with Gasteiger partial charge in [0.1, 0.15) is 11.8 Å². The maximum Gasteiger partial charge on any atom is 0.481 e. The summed E-state index contributed by atoms with van der Waals surface area (Å²) in [5.74, 6) is 0.189. The van der Waals surface area contributed by atoms with E-state index in [-0.39, 0.29) is 48.9 Å². The Hall–Kier alpha value is -3.39. The Bertz CT molecular complexity index is 1250. The van der Waals surface area contributed by atoms with E-state index >= 15 is 0 Å². The third-order valence-corrected chi connectivity index (χ3v) is 9.84. The van der Waals surface area contributed by atoms with Gasteiger partial charge in [0, 0.05) is 6.54 Å². The molecule has 1 aliphatic heterocycles. The van der Waals surface area contributed by atoms with Gasteiger partial charge in [-0.3, -0.25) is 9.59 Å². The summed E-state index contributed by atoms with van der Waals surface area (Å²) in [6.07, 6.45) is 4.11. The molecule has 2 amide bonds. The number of hydrazine groups is 1. The Balaban J connectivity index is 1.42. The first kappa shape index (κ1) is 34.5. The molecule has 0 radical (unpaired) electrons. The standard InChI is InChI=1S/C31H49BN6O7/c1-7-20-10-12-22(13-11-20)43-18-27(39)35-23(9-8-14-34-29(33)37-38(41)42)28(40)36-26(15-19(2)3)32-44-25-17-21-16-24(30(21,4)5)31(25,6)45-32/h10-13,19,21,23-26H,7-9,14-18H2,1-6H3,(H,35,39)(H,36,40)(H3,33,34,37)/t21-,23+,24-,25-,26+,31+/m1/s1. The van der Waals surface area contributed by atoms with Crippen molar-refractivity contribution < 1.29 is 28.7 Å². The van der Waals surface area contributed by atoms with Crippen LogP contribution in [-0.2, 0) is 25.3 Å². The minimum absolute atomic E-state index is 0.0269. The summed E-state index contributed by atoms with van der Waals surface area (Å²) in [6, 6.07) is 6.57. The van der Waals surface area contributed by atoms with Crippen LogP contribution in [0.1, 0.15) is 79.2 Å². The fourth-order valence-corrected chi connectivity index (χ4v) is 7.20. The average Bonchev–Trinajstić information content (AvgIpc) is 3.34. The van der Waals surface area contributed by atoms with Crippen LogP contribution < -0.4 is 26.5 Å². The van der Waals surface area contributed by atoms with Crippen LogP contribution in [0.25, 0.3) is 0 Å². The molecule has 3 aliphatic carbocycles. The average molecular weight is 629 g/mol.